The summed E-state index contributed by atoms with van der Waals surface area (Å²) in [6, 6.07) is 17.9. The summed E-state index contributed by atoms with van der Waals surface area (Å²) in [4.78, 5) is 0. The van der Waals surface area contributed by atoms with Gasteiger partial charge in [0.15, 0.2) is 0 Å². The Bertz CT molecular complexity index is 614. The Morgan fingerprint density at radius 1 is 0.739 bits per heavy atom. The third-order valence-electron chi connectivity index (χ3n) is 5.16. The van der Waals surface area contributed by atoms with E-state index in [4.69, 9.17) is 9.47 Å². The lowest BCUT2D eigenvalue weighted by Crippen LogP contribution is -2.00. The van der Waals surface area contributed by atoms with Gasteiger partial charge < -0.3 is 9.47 Å². The first-order chi connectivity index (χ1) is 11.2. The Hall–Kier alpha value is -1.64. The highest BCUT2D eigenvalue weighted by Gasteiger charge is 2.36. The zero-order valence-corrected chi connectivity index (χ0v) is 14.0. The third kappa shape index (κ3) is 2.93. The molecular weight excluding hydrogens is 284 g/mol. The second-order valence-corrected chi connectivity index (χ2v) is 6.82. The highest BCUT2D eigenvalue weighted by atomic mass is 16.6. The Balaban J connectivity index is 1.53. The van der Waals surface area contributed by atoms with Crippen molar-refractivity contribution in [3.05, 3.63) is 70.8 Å². The van der Waals surface area contributed by atoms with Crippen LogP contribution < -0.4 is 0 Å². The van der Waals surface area contributed by atoms with Crippen LogP contribution in [-0.2, 0) is 9.47 Å². The SMILES string of the molecule is CCC(c1ccc(C2OC2C)cc1)c1ccc(C2OC2C)cc1. The maximum absolute atomic E-state index is 5.55. The largest absolute Gasteiger partial charge is 0.365 e. The standard InChI is InChI=1S/C21H24O2/c1-4-19(15-5-9-17(10-6-15)20-13(2)22-20)16-7-11-18(12-8-16)21-14(3)23-21/h5-14,19-21H,4H2,1-3H3. The minimum atomic E-state index is 0.309. The van der Waals surface area contributed by atoms with E-state index in [1.54, 1.807) is 0 Å². The van der Waals surface area contributed by atoms with Gasteiger partial charge in [0.25, 0.3) is 0 Å². The minimum Gasteiger partial charge on any atom is -0.365 e. The molecule has 0 radical (unpaired) electrons. The molecule has 0 amide bonds. The van der Waals surface area contributed by atoms with Crippen LogP contribution in [0.4, 0.5) is 0 Å². The van der Waals surface area contributed by atoms with Gasteiger partial charge in [-0.1, -0.05) is 55.5 Å². The normalized spacial score (nSPS) is 30.0. The van der Waals surface area contributed by atoms with Gasteiger partial charge in [-0.3, -0.25) is 0 Å². The summed E-state index contributed by atoms with van der Waals surface area (Å²) in [6.45, 7) is 6.50. The zero-order chi connectivity index (χ0) is 16.0. The number of hydrogen-bond acceptors (Lipinski definition) is 2. The van der Waals surface area contributed by atoms with Crippen molar-refractivity contribution in [2.45, 2.75) is 57.5 Å². The predicted molar refractivity (Wildman–Crippen MR) is 91.6 cm³/mol. The first-order valence-corrected chi connectivity index (χ1v) is 8.68. The summed E-state index contributed by atoms with van der Waals surface area (Å²) >= 11 is 0. The van der Waals surface area contributed by atoms with Crippen molar-refractivity contribution in [1.29, 1.82) is 0 Å². The van der Waals surface area contributed by atoms with Crippen LogP contribution >= 0.6 is 0 Å². The van der Waals surface area contributed by atoms with Crippen LogP contribution in [0, 0.1) is 0 Å². The third-order valence-corrected chi connectivity index (χ3v) is 5.16. The summed E-state index contributed by atoms with van der Waals surface area (Å²) in [5.74, 6) is 0.452. The van der Waals surface area contributed by atoms with Crippen LogP contribution in [0.25, 0.3) is 0 Å². The first kappa shape index (κ1) is 14.9. The van der Waals surface area contributed by atoms with Crippen molar-refractivity contribution < 1.29 is 9.47 Å². The Morgan fingerprint density at radius 3 is 1.35 bits per heavy atom. The van der Waals surface area contributed by atoms with Crippen molar-refractivity contribution in [3.8, 4) is 0 Å². The fraction of sp³-hybridized carbons (Fsp3) is 0.429. The summed E-state index contributed by atoms with van der Waals surface area (Å²) in [7, 11) is 0. The molecule has 2 aromatic carbocycles. The molecule has 120 valence electrons. The predicted octanol–water partition coefficient (Wildman–Crippen LogP) is 5.15. The van der Waals surface area contributed by atoms with E-state index in [2.05, 4.69) is 69.3 Å². The molecule has 4 unspecified atom stereocenters. The van der Waals surface area contributed by atoms with Crippen LogP contribution in [0.1, 0.15) is 67.6 Å². The van der Waals surface area contributed by atoms with Crippen molar-refractivity contribution >= 4 is 0 Å². The topological polar surface area (TPSA) is 25.1 Å². The minimum absolute atomic E-state index is 0.309. The molecule has 4 atom stereocenters. The van der Waals surface area contributed by atoms with Crippen LogP contribution in [0.3, 0.4) is 0 Å². The quantitative estimate of drug-likeness (QED) is 0.714. The molecule has 2 fully saturated rings. The van der Waals surface area contributed by atoms with Gasteiger partial charge in [-0.25, -0.2) is 0 Å². The second kappa shape index (κ2) is 5.77. The van der Waals surface area contributed by atoms with E-state index in [-0.39, 0.29) is 0 Å². The number of benzene rings is 2. The lowest BCUT2D eigenvalue weighted by molar-refractivity contribution is 0.383. The van der Waals surface area contributed by atoms with E-state index in [1.807, 2.05) is 0 Å². The molecule has 2 aliphatic heterocycles. The molecule has 0 bridgehead atoms. The van der Waals surface area contributed by atoms with Gasteiger partial charge >= 0.3 is 0 Å². The first-order valence-electron chi connectivity index (χ1n) is 8.68. The molecule has 0 spiro atoms. The highest BCUT2D eigenvalue weighted by Crippen LogP contribution is 2.40. The molecule has 23 heavy (non-hydrogen) atoms. The van der Waals surface area contributed by atoms with Crippen molar-refractivity contribution in [3.63, 3.8) is 0 Å². The van der Waals surface area contributed by atoms with Gasteiger partial charge in [-0.05, 0) is 42.5 Å². The van der Waals surface area contributed by atoms with Gasteiger partial charge in [0.05, 0.1) is 12.2 Å². The molecule has 0 saturated carbocycles. The average molecular weight is 308 g/mol. The van der Waals surface area contributed by atoms with E-state index in [0.717, 1.165) is 6.42 Å². The summed E-state index contributed by atoms with van der Waals surface area (Å²) < 4.78 is 11.1. The number of rotatable bonds is 5. The average Bonchev–Trinajstić information content (AvgIpc) is 3.48. The monoisotopic (exact) mass is 308 g/mol. The van der Waals surface area contributed by atoms with Gasteiger partial charge in [0.1, 0.15) is 12.2 Å². The van der Waals surface area contributed by atoms with Crippen LogP contribution in [0.5, 0.6) is 0 Å². The number of epoxide rings is 2. The Morgan fingerprint density at radius 2 is 1.09 bits per heavy atom. The molecule has 0 aromatic heterocycles. The lowest BCUT2D eigenvalue weighted by Gasteiger charge is -2.17. The van der Waals surface area contributed by atoms with Crippen LogP contribution in [-0.4, -0.2) is 12.2 Å². The lowest BCUT2D eigenvalue weighted by atomic mass is 9.88. The summed E-state index contributed by atoms with van der Waals surface area (Å²) in [6.07, 6.45) is 2.48. The van der Waals surface area contributed by atoms with Crippen molar-refractivity contribution in [1.82, 2.24) is 0 Å². The van der Waals surface area contributed by atoms with Crippen LogP contribution in [0.2, 0.25) is 0 Å². The molecule has 0 aliphatic carbocycles. The van der Waals surface area contributed by atoms with Gasteiger partial charge in [0, 0.05) is 5.92 Å². The van der Waals surface area contributed by atoms with Crippen LogP contribution in [0.15, 0.2) is 48.5 Å². The molecule has 2 aliphatic rings. The van der Waals surface area contributed by atoms with Crippen molar-refractivity contribution in [2.75, 3.05) is 0 Å². The molecule has 4 rings (SSSR count). The zero-order valence-electron chi connectivity index (χ0n) is 14.0. The second-order valence-electron chi connectivity index (χ2n) is 6.82. The molecule has 2 saturated heterocycles. The number of ether oxygens (including phenoxy) is 2. The molecular formula is C21H24O2. The highest BCUT2D eigenvalue weighted by molar-refractivity contribution is 5.37. The van der Waals surface area contributed by atoms with E-state index >= 15 is 0 Å². The fourth-order valence-electron chi connectivity index (χ4n) is 3.57. The van der Waals surface area contributed by atoms with E-state index in [1.165, 1.54) is 22.3 Å². The van der Waals surface area contributed by atoms with Gasteiger partial charge in [0.2, 0.25) is 0 Å². The Kier molecular flexibility index (Phi) is 3.74. The molecule has 2 heteroatoms. The van der Waals surface area contributed by atoms with Crippen molar-refractivity contribution in [2.24, 2.45) is 0 Å². The van der Waals surface area contributed by atoms with Gasteiger partial charge in [-0.15, -0.1) is 0 Å². The molecule has 2 heterocycles. The molecule has 0 N–H and O–H groups in total. The van der Waals surface area contributed by atoms with E-state index < -0.39 is 0 Å². The molecule has 2 nitrogen and oxygen atoms in total. The fourth-order valence-corrected chi connectivity index (χ4v) is 3.57. The number of hydrogen-bond donors (Lipinski definition) is 0. The van der Waals surface area contributed by atoms with Gasteiger partial charge in [-0.2, -0.15) is 0 Å². The van der Waals surface area contributed by atoms with E-state index in [0.29, 0.717) is 30.3 Å². The summed E-state index contributed by atoms with van der Waals surface area (Å²) in [5.41, 5.74) is 5.36. The van der Waals surface area contributed by atoms with E-state index in [9.17, 15) is 0 Å². The summed E-state index contributed by atoms with van der Waals surface area (Å²) in [5, 5.41) is 0. The Labute approximate surface area is 138 Å². The maximum atomic E-state index is 5.55. The molecule has 2 aromatic rings. The smallest absolute Gasteiger partial charge is 0.109 e. The maximum Gasteiger partial charge on any atom is 0.109 e.